The van der Waals surface area contributed by atoms with E-state index >= 15 is 0 Å². The molecule has 0 aliphatic carbocycles. The van der Waals surface area contributed by atoms with Gasteiger partial charge in [0.25, 0.3) is 0 Å². The molecule has 3 aromatic rings. The predicted octanol–water partition coefficient (Wildman–Crippen LogP) is 4.28. The van der Waals surface area contributed by atoms with Crippen molar-refractivity contribution in [1.29, 1.82) is 0 Å². The Hall–Kier alpha value is -4.60. The maximum absolute atomic E-state index is 14.7. The first-order chi connectivity index (χ1) is 19.0. The molecule has 0 spiro atoms. The molecule has 2 amide bonds. The van der Waals surface area contributed by atoms with Crippen molar-refractivity contribution in [3.63, 3.8) is 0 Å². The molecule has 13 heteroatoms. The van der Waals surface area contributed by atoms with Crippen LogP contribution in [-0.2, 0) is 6.54 Å². The van der Waals surface area contributed by atoms with E-state index in [0.29, 0.717) is 22.5 Å². The van der Waals surface area contributed by atoms with Crippen molar-refractivity contribution < 1.29 is 37.0 Å². The summed E-state index contributed by atoms with van der Waals surface area (Å²) < 4.78 is 61.5. The van der Waals surface area contributed by atoms with Gasteiger partial charge in [-0.2, -0.15) is 13.2 Å². The number of rotatable bonds is 7. The van der Waals surface area contributed by atoms with Crippen molar-refractivity contribution >= 4 is 34.3 Å². The van der Waals surface area contributed by atoms with E-state index in [1.54, 1.807) is 18.2 Å². The SMILES string of the molecule is COc1cc(C(N)=O)ccc1NCC#Cc1cc2c(N[C@H]3CCN(C(=O)O)C[C@H]3F)cccc2n1CC(F)(F)F. The molecule has 0 unspecified atom stereocenters. The van der Waals surface area contributed by atoms with Gasteiger partial charge in [0, 0.05) is 23.2 Å². The minimum atomic E-state index is -4.52. The number of methoxy groups -OCH3 is 1. The molecule has 2 atom stereocenters. The Bertz CT molecular complexity index is 1480. The molecule has 2 heterocycles. The second-order valence-electron chi connectivity index (χ2n) is 9.19. The Labute approximate surface area is 226 Å². The predicted molar refractivity (Wildman–Crippen MR) is 141 cm³/mol. The number of hydrogen-bond acceptors (Lipinski definition) is 5. The zero-order chi connectivity index (χ0) is 29.0. The number of ether oxygens (including phenoxy) is 1. The molecule has 1 aromatic heterocycles. The number of anilines is 2. The summed E-state index contributed by atoms with van der Waals surface area (Å²) in [5.41, 5.74) is 6.85. The number of alkyl halides is 4. The van der Waals surface area contributed by atoms with Crippen LogP contribution >= 0.6 is 0 Å². The Balaban J connectivity index is 1.59. The summed E-state index contributed by atoms with van der Waals surface area (Å²) >= 11 is 0. The summed E-state index contributed by atoms with van der Waals surface area (Å²) in [5.74, 6) is 5.32. The van der Waals surface area contributed by atoms with Crippen molar-refractivity contribution in [1.82, 2.24) is 9.47 Å². The van der Waals surface area contributed by atoms with Gasteiger partial charge in [-0.05, 0) is 48.7 Å². The van der Waals surface area contributed by atoms with E-state index in [0.717, 1.165) is 9.47 Å². The fourth-order valence-corrected chi connectivity index (χ4v) is 4.57. The van der Waals surface area contributed by atoms with Crippen molar-refractivity contribution in [3.8, 4) is 17.6 Å². The molecule has 0 saturated carbocycles. The standard InChI is InChI=1S/C27H27F4N5O4/c1-40-24-12-16(25(32)37)7-8-22(24)33-10-3-4-17-13-18-20(5-2-6-23(18)36(17)15-27(29,30)31)34-21-9-11-35(26(38)39)14-19(21)28/h2,5-8,12-13,19,21,33-34H,9-11,14-15H2,1H3,(H2,32,37)(H,38,39)/t19-,21+/m1/s1. The molecule has 212 valence electrons. The monoisotopic (exact) mass is 561 g/mol. The fourth-order valence-electron chi connectivity index (χ4n) is 4.57. The van der Waals surface area contributed by atoms with Crippen molar-refractivity contribution in [3.05, 3.63) is 53.7 Å². The van der Waals surface area contributed by atoms with Gasteiger partial charge in [-0.15, -0.1) is 0 Å². The molecule has 40 heavy (non-hydrogen) atoms. The lowest BCUT2D eigenvalue weighted by Crippen LogP contribution is -2.49. The lowest BCUT2D eigenvalue weighted by Gasteiger charge is -2.34. The first kappa shape index (κ1) is 28.4. The summed E-state index contributed by atoms with van der Waals surface area (Å²) in [6, 6.07) is 10.1. The van der Waals surface area contributed by atoms with Gasteiger partial charge < -0.3 is 35.7 Å². The maximum Gasteiger partial charge on any atom is 0.407 e. The van der Waals surface area contributed by atoms with Crippen LogP contribution in [0.5, 0.6) is 5.75 Å². The van der Waals surface area contributed by atoms with Crippen LogP contribution in [0.1, 0.15) is 22.5 Å². The van der Waals surface area contributed by atoms with Gasteiger partial charge in [-0.25, -0.2) is 9.18 Å². The molecule has 1 aliphatic heterocycles. The highest BCUT2D eigenvalue weighted by Crippen LogP contribution is 2.32. The highest BCUT2D eigenvalue weighted by Gasteiger charge is 2.33. The number of piperidine rings is 1. The highest BCUT2D eigenvalue weighted by atomic mass is 19.4. The number of fused-ring (bicyclic) bond motifs is 1. The smallest absolute Gasteiger partial charge is 0.407 e. The molecule has 0 bridgehead atoms. The van der Waals surface area contributed by atoms with Crippen LogP contribution < -0.4 is 21.1 Å². The van der Waals surface area contributed by atoms with Crippen molar-refractivity contribution in [2.75, 3.05) is 37.4 Å². The summed E-state index contributed by atoms with van der Waals surface area (Å²) in [6.07, 6.45) is -7.01. The van der Waals surface area contributed by atoms with Gasteiger partial charge in [0.05, 0.1) is 43.1 Å². The number of nitrogens with zero attached hydrogens (tertiary/aromatic N) is 2. The number of benzene rings is 2. The Morgan fingerprint density at radius 3 is 2.62 bits per heavy atom. The highest BCUT2D eigenvalue weighted by molar-refractivity contribution is 5.94. The molecular formula is C27H27F4N5O4. The minimum absolute atomic E-state index is 0.0522. The average Bonchev–Trinajstić information content (AvgIpc) is 3.24. The van der Waals surface area contributed by atoms with E-state index in [2.05, 4.69) is 22.5 Å². The number of likely N-dealkylation sites (tertiary alicyclic amines) is 1. The third-order valence-electron chi connectivity index (χ3n) is 6.51. The zero-order valence-electron chi connectivity index (χ0n) is 21.4. The molecule has 2 aromatic carbocycles. The number of amides is 2. The molecule has 5 N–H and O–H groups in total. The minimum Gasteiger partial charge on any atom is -0.495 e. The first-order valence-electron chi connectivity index (χ1n) is 12.2. The molecule has 1 aliphatic rings. The quantitative estimate of drug-likeness (QED) is 0.253. The lowest BCUT2D eigenvalue weighted by molar-refractivity contribution is -0.140. The Kier molecular flexibility index (Phi) is 8.27. The van der Waals surface area contributed by atoms with Gasteiger partial charge in [0.1, 0.15) is 18.5 Å². The summed E-state index contributed by atoms with van der Waals surface area (Å²) in [4.78, 5) is 23.5. The number of carbonyl (C=O) groups is 2. The fraction of sp³-hybridized carbons (Fsp3) is 0.333. The van der Waals surface area contributed by atoms with E-state index in [-0.39, 0.29) is 42.8 Å². The van der Waals surface area contributed by atoms with Crippen LogP contribution in [0, 0.1) is 11.8 Å². The topological polar surface area (TPSA) is 122 Å². The van der Waals surface area contributed by atoms with Crippen LogP contribution in [0.3, 0.4) is 0 Å². The van der Waals surface area contributed by atoms with Gasteiger partial charge in [0.15, 0.2) is 0 Å². The van der Waals surface area contributed by atoms with Crippen LogP contribution in [0.15, 0.2) is 42.5 Å². The van der Waals surface area contributed by atoms with Crippen LogP contribution in [0.4, 0.5) is 33.7 Å². The van der Waals surface area contributed by atoms with Crippen LogP contribution in [0.25, 0.3) is 10.9 Å². The summed E-state index contributed by atoms with van der Waals surface area (Å²) in [6.45, 7) is -1.38. The van der Waals surface area contributed by atoms with E-state index in [1.165, 1.54) is 31.4 Å². The molecule has 1 saturated heterocycles. The Morgan fingerprint density at radius 2 is 1.98 bits per heavy atom. The Morgan fingerprint density at radius 1 is 1.20 bits per heavy atom. The number of carbonyl (C=O) groups excluding carboxylic acids is 1. The zero-order valence-corrected chi connectivity index (χ0v) is 21.4. The summed E-state index contributed by atoms with van der Waals surface area (Å²) in [7, 11) is 1.42. The second-order valence-corrected chi connectivity index (χ2v) is 9.19. The number of nitrogens with one attached hydrogen (secondary N) is 2. The van der Waals surface area contributed by atoms with E-state index in [1.807, 2.05) is 0 Å². The van der Waals surface area contributed by atoms with Gasteiger partial charge >= 0.3 is 12.3 Å². The normalized spacial score (nSPS) is 17.2. The van der Waals surface area contributed by atoms with Crippen molar-refractivity contribution in [2.45, 2.75) is 31.4 Å². The number of primary amides is 1. The van der Waals surface area contributed by atoms with E-state index in [4.69, 9.17) is 15.6 Å². The average molecular weight is 562 g/mol. The number of carboxylic acid groups (broad SMARTS) is 1. The van der Waals surface area contributed by atoms with Crippen LogP contribution in [-0.4, -0.2) is 71.7 Å². The molecule has 4 rings (SSSR count). The van der Waals surface area contributed by atoms with Crippen LogP contribution in [0.2, 0.25) is 0 Å². The molecule has 9 nitrogen and oxygen atoms in total. The van der Waals surface area contributed by atoms with E-state index in [9.17, 15) is 27.2 Å². The number of hydrogen-bond donors (Lipinski definition) is 4. The number of halogens is 4. The molecule has 1 fully saturated rings. The summed E-state index contributed by atoms with van der Waals surface area (Å²) in [5, 5.41) is 15.6. The van der Waals surface area contributed by atoms with Gasteiger partial charge in [-0.3, -0.25) is 4.79 Å². The first-order valence-corrected chi connectivity index (χ1v) is 12.2. The second kappa shape index (κ2) is 11.6. The van der Waals surface area contributed by atoms with Gasteiger partial charge in [-0.1, -0.05) is 12.0 Å². The van der Waals surface area contributed by atoms with E-state index < -0.39 is 36.9 Å². The van der Waals surface area contributed by atoms with Gasteiger partial charge in [0.2, 0.25) is 5.91 Å². The number of nitrogens with two attached hydrogens (primary N) is 1. The largest absolute Gasteiger partial charge is 0.495 e. The third-order valence-corrected chi connectivity index (χ3v) is 6.51. The number of aromatic nitrogens is 1. The maximum atomic E-state index is 14.7. The lowest BCUT2D eigenvalue weighted by atomic mass is 10.0. The molecular weight excluding hydrogens is 534 g/mol. The molecule has 0 radical (unpaired) electrons. The van der Waals surface area contributed by atoms with Crippen molar-refractivity contribution in [2.24, 2.45) is 5.73 Å². The third kappa shape index (κ3) is 6.51.